The van der Waals surface area contributed by atoms with Crippen LogP contribution in [-0.4, -0.2) is 48.4 Å². The normalized spacial score (nSPS) is 19.1. The molecular formula is C24H30N2O6S. The van der Waals surface area contributed by atoms with Crippen molar-refractivity contribution in [2.75, 3.05) is 13.7 Å². The Hall–Kier alpha value is -2.78. The Morgan fingerprint density at radius 2 is 2.09 bits per heavy atom. The lowest BCUT2D eigenvalue weighted by Crippen LogP contribution is -2.25. The fourth-order valence-electron chi connectivity index (χ4n) is 4.21. The van der Waals surface area contributed by atoms with Crippen LogP contribution in [0.1, 0.15) is 56.2 Å². The highest BCUT2D eigenvalue weighted by molar-refractivity contribution is 7.90. The molecule has 0 bridgehead atoms. The minimum Gasteiger partial charge on any atom is -0.465 e. The molecule has 0 spiro atoms. The number of hydrogen-bond donors (Lipinski definition) is 1. The molecule has 1 unspecified atom stereocenters. The maximum atomic E-state index is 13.7. The van der Waals surface area contributed by atoms with Crippen LogP contribution in [-0.2, 0) is 21.3 Å². The summed E-state index contributed by atoms with van der Waals surface area (Å²) in [5.74, 6) is 0.444. The molecule has 4 rings (SSSR count). The van der Waals surface area contributed by atoms with Gasteiger partial charge in [0.25, 0.3) is 10.0 Å². The topological polar surface area (TPSA) is 98.1 Å². The molecule has 178 valence electrons. The number of hydrogen-bond acceptors (Lipinski definition) is 5. The monoisotopic (exact) mass is 474 g/mol. The van der Waals surface area contributed by atoms with E-state index in [-0.39, 0.29) is 17.7 Å². The third-order valence-corrected chi connectivity index (χ3v) is 7.65. The molecule has 33 heavy (non-hydrogen) atoms. The smallest absolute Gasteiger partial charge is 0.407 e. The summed E-state index contributed by atoms with van der Waals surface area (Å²) in [4.78, 5) is 12.5. The van der Waals surface area contributed by atoms with Gasteiger partial charge in [-0.2, -0.15) is 0 Å². The van der Waals surface area contributed by atoms with E-state index in [9.17, 15) is 18.3 Å². The molecule has 1 aromatic carbocycles. The van der Waals surface area contributed by atoms with Crippen LogP contribution < -0.4 is 4.74 Å². The molecule has 2 heterocycles. The van der Waals surface area contributed by atoms with E-state index in [4.69, 9.17) is 9.47 Å². The van der Waals surface area contributed by atoms with Crippen molar-refractivity contribution < 1.29 is 27.8 Å². The van der Waals surface area contributed by atoms with Crippen molar-refractivity contribution in [2.24, 2.45) is 0 Å². The van der Waals surface area contributed by atoms with Crippen LogP contribution in [0.2, 0.25) is 0 Å². The van der Waals surface area contributed by atoms with Crippen LogP contribution in [0.25, 0.3) is 5.57 Å². The van der Waals surface area contributed by atoms with Crippen LogP contribution in [0.5, 0.6) is 5.75 Å². The Kier molecular flexibility index (Phi) is 7.09. The minimum absolute atomic E-state index is 0.0975. The van der Waals surface area contributed by atoms with Gasteiger partial charge in [0, 0.05) is 25.7 Å². The Labute approximate surface area is 194 Å². The number of rotatable bonds is 7. The molecule has 1 aromatic heterocycles. The van der Waals surface area contributed by atoms with Crippen LogP contribution in [0, 0.1) is 0 Å². The van der Waals surface area contributed by atoms with E-state index >= 15 is 0 Å². The first-order valence-corrected chi connectivity index (χ1v) is 12.8. The van der Waals surface area contributed by atoms with Crippen LogP contribution in [0.3, 0.4) is 0 Å². The highest BCUT2D eigenvalue weighted by Crippen LogP contribution is 2.32. The molecule has 0 saturated carbocycles. The van der Waals surface area contributed by atoms with Crippen molar-refractivity contribution in [3.05, 3.63) is 53.9 Å². The standard InChI is InChI=1S/C24H30N2O6S/c1-25(24(27)28)16-18-14-22(19-8-3-2-4-9-19)26(17-18)33(29,30)21-11-7-10-20(15-21)32-23-12-5-6-13-31-23/h7-8,10-11,14-15,17,23H,2-6,9,12-13,16H2,1H3,(H,27,28). The molecule has 1 fully saturated rings. The van der Waals surface area contributed by atoms with Crippen molar-refractivity contribution >= 4 is 21.7 Å². The number of benzene rings is 1. The third kappa shape index (κ3) is 5.42. The Morgan fingerprint density at radius 3 is 2.79 bits per heavy atom. The second-order valence-corrected chi connectivity index (χ2v) is 10.4. The molecule has 9 heteroatoms. The average Bonchev–Trinajstić information content (AvgIpc) is 3.25. The van der Waals surface area contributed by atoms with Crippen molar-refractivity contribution in [1.29, 1.82) is 0 Å². The summed E-state index contributed by atoms with van der Waals surface area (Å²) >= 11 is 0. The number of carbonyl (C=O) groups is 1. The van der Waals surface area contributed by atoms with Gasteiger partial charge in [0.2, 0.25) is 0 Å². The Morgan fingerprint density at radius 1 is 1.24 bits per heavy atom. The summed E-state index contributed by atoms with van der Waals surface area (Å²) < 4.78 is 40.2. The first kappa shape index (κ1) is 23.4. The number of aromatic nitrogens is 1. The van der Waals surface area contributed by atoms with E-state index in [0.29, 0.717) is 23.6 Å². The van der Waals surface area contributed by atoms with Crippen molar-refractivity contribution in [3.63, 3.8) is 0 Å². The molecular weight excluding hydrogens is 444 g/mol. The van der Waals surface area contributed by atoms with Gasteiger partial charge < -0.3 is 19.5 Å². The first-order chi connectivity index (χ1) is 15.8. The Bertz CT molecular complexity index is 1130. The third-order valence-electron chi connectivity index (χ3n) is 5.98. The van der Waals surface area contributed by atoms with Gasteiger partial charge in [0.1, 0.15) is 5.75 Å². The molecule has 1 aliphatic carbocycles. The predicted octanol–water partition coefficient (Wildman–Crippen LogP) is 4.70. The Balaban J connectivity index is 1.68. The van der Waals surface area contributed by atoms with Crippen LogP contribution >= 0.6 is 0 Å². The summed E-state index contributed by atoms with van der Waals surface area (Å²) in [5, 5.41) is 9.24. The second kappa shape index (κ2) is 10.0. The van der Waals surface area contributed by atoms with E-state index in [1.165, 1.54) is 23.3 Å². The van der Waals surface area contributed by atoms with E-state index in [2.05, 4.69) is 6.08 Å². The zero-order chi connectivity index (χ0) is 23.4. The molecule has 8 nitrogen and oxygen atoms in total. The van der Waals surface area contributed by atoms with Gasteiger partial charge in [0.05, 0.1) is 23.7 Å². The van der Waals surface area contributed by atoms with E-state index in [1.54, 1.807) is 24.3 Å². The lowest BCUT2D eigenvalue weighted by molar-refractivity contribution is -0.106. The number of ether oxygens (including phenoxy) is 2. The lowest BCUT2D eigenvalue weighted by Gasteiger charge is -2.23. The lowest BCUT2D eigenvalue weighted by atomic mass is 9.97. The summed E-state index contributed by atoms with van der Waals surface area (Å²) in [6.45, 7) is 0.734. The largest absolute Gasteiger partial charge is 0.465 e. The summed E-state index contributed by atoms with van der Waals surface area (Å²) in [5.41, 5.74) is 2.18. The number of allylic oxidation sites excluding steroid dienone is 2. The highest BCUT2D eigenvalue weighted by atomic mass is 32.2. The summed E-state index contributed by atoms with van der Waals surface area (Å²) in [7, 11) is -2.47. The van der Waals surface area contributed by atoms with Crippen molar-refractivity contribution in [2.45, 2.75) is 62.7 Å². The zero-order valence-electron chi connectivity index (χ0n) is 18.8. The highest BCUT2D eigenvalue weighted by Gasteiger charge is 2.25. The molecule has 2 aliphatic rings. The summed E-state index contributed by atoms with van der Waals surface area (Å²) in [6, 6.07) is 8.24. The number of amides is 1. The number of nitrogens with zero attached hydrogens (tertiary/aromatic N) is 2. The van der Waals surface area contributed by atoms with Gasteiger partial charge >= 0.3 is 6.09 Å². The van der Waals surface area contributed by atoms with Gasteiger partial charge in [-0.3, -0.25) is 0 Å². The van der Waals surface area contributed by atoms with E-state index < -0.39 is 16.1 Å². The second-order valence-electron chi connectivity index (χ2n) is 8.54. The van der Waals surface area contributed by atoms with E-state index in [1.807, 2.05) is 0 Å². The van der Waals surface area contributed by atoms with Gasteiger partial charge in [-0.1, -0.05) is 12.1 Å². The minimum atomic E-state index is -3.93. The molecule has 1 atom stereocenters. The summed E-state index contributed by atoms with van der Waals surface area (Å²) in [6.07, 6.45) is 8.70. The zero-order valence-corrected chi connectivity index (χ0v) is 19.6. The van der Waals surface area contributed by atoms with Crippen LogP contribution in [0.15, 0.2) is 47.5 Å². The first-order valence-electron chi connectivity index (χ1n) is 11.3. The van der Waals surface area contributed by atoms with Gasteiger partial charge in [-0.15, -0.1) is 0 Å². The molecule has 0 radical (unpaired) electrons. The van der Waals surface area contributed by atoms with Crippen molar-refractivity contribution in [1.82, 2.24) is 8.87 Å². The van der Waals surface area contributed by atoms with Gasteiger partial charge in [-0.25, -0.2) is 17.2 Å². The maximum Gasteiger partial charge on any atom is 0.407 e. The quantitative estimate of drug-likeness (QED) is 0.625. The van der Waals surface area contributed by atoms with Gasteiger partial charge in [-0.05, 0) is 67.9 Å². The molecule has 1 saturated heterocycles. The molecule has 2 aromatic rings. The fraction of sp³-hybridized carbons (Fsp3) is 0.458. The predicted molar refractivity (Wildman–Crippen MR) is 124 cm³/mol. The molecule has 1 aliphatic heterocycles. The van der Waals surface area contributed by atoms with Crippen molar-refractivity contribution in [3.8, 4) is 5.75 Å². The SMILES string of the molecule is CN(Cc1cc(C2=CCCCC2)n(S(=O)(=O)c2cccc(OC3CCCCO3)c2)c1)C(=O)O. The number of carboxylic acid groups (broad SMARTS) is 1. The van der Waals surface area contributed by atoms with E-state index in [0.717, 1.165) is 55.4 Å². The molecule has 1 amide bonds. The fourth-order valence-corrected chi connectivity index (χ4v) is 5.65. The van der Waals surface area contributed by atoms with Crippen LogP contribution in [0.4, 0.5) is 4.79 Å². The maximum absolute atomic E-state index is 13.7. The average molecular weight is 475 g/mol. The van der Waals surface area contributed by atoms with Gasteiger partial charge in [0.15, 0.2) is 6.29 Å². The molecule has 1 N–H and O–H groups in total.